The topological polar surface area (TPSA) is 71.2 Å². The predicted octanol–water partition coefficient (Wildman–Crippen LogP) is 1.60. The molecular weight excluding hydrogens is 323 g/mol. The molecule has 1 aromatic rings. The van der Waals surface area contributed by atoms with E-state index in [1.54, 1.807) is 12.4 Å². The van der Waals surface area contributed by atoms with Crippen molar-refractivity contribution in [2.75, 3.05) is 19.6 Å². The summed E-state index contributed by atoms with van der Waals surface area (Å²) < 4.78 is 0. The number of nitrogens with two attached hydrogens (primary N) is 1. The van der Waals surface area contributed by atoms with Crippen LogP contribution in [0.2, 0.25) is 0 Å². The lowest BCUT2D eigenvalue weighted by molar-refractivity contribution is -0.123. The van der Waals surface area contributed by atoms with Crippen LogP contribution in [0.5, 0.6) is 0 Å². The lowest BCUT2D eigenvalue weighted by Crippen LogP contribution is -2.54. The van der Waals surface area contributed by atoms with Crippen molar-refractivity contribution in [3.8, 4) is 0 Å². The standard InChI is InChI=1S/C15H24N4O.2ClH/c1-15(2)11-19(7-5-13(15)16)10-14(20)18-9-12-4-3-6-17-8-12;;/h3-4,6,8,13H,5,7,9-11,16H2,1-2H3,(H,18,20);2*1H. The number of carbonyl (C=O) groups excluding carboxylic acids is 1. The highest BCUT2D eigenvalue weighted by Gasteiger charge is 2.33. The average Bonchev–Trinajstić information content (AvgIpc) is 2.41. The minimum absolute atomic E-state index is 0. The number of likely N-dealkylation sites (tertiary alicyclic amines) is 1. The molecule has 0 bridgehead atoms. The van der Waals surface area contributed by atoms with Crippen LogP contribution in [0.4, 0.5) is 0 Å². The Labute approximate surface area is 144 Å². The zero-order valence-corrected chi connectivity index (χ0v) is 14.8. The molecule has 126 valence electrons. The molecule has 22 heavy (non-hydrogen) atoms. The zero-order valence-electron chi connectivity index (χ0n) is 13.1. The zero-order chi connectivity index (χ0) is 14.6. The van der Waals surface area contributed by atoms with Gasteiger partial charge in [0.05, 0.1) is 6.54 Å². The molecule has 0 aromatic carbocycles. The summed E-state index contributed by atoms with van der Waals surface area (Å²) in [6.07, 6.45) is 4.44. The Morgan fingerprint density at radius 1 is 1.50 bits per heavy atom. The fourth-order valence-electron chi connectivity index (χ4n) is 2.58. The van der Waals surface area contributed by atoms with Gasteiger partial charge in [-0.15, -0.1) is 24.8 Å². The van der Waals surface area contributed by atoms with Gasteiger partial charge in [0, 0.05) is 38.1 Å². The molecule has 0 saturated carbocycles. The van der Waals surface area contributed by atoms with Gasteiger partial charge in [0.25, 0.3) is 0 Å². The molecule has 2 rings (SSSR count). The lowest BCUT2D eigenvalue weighted by atomic mass is 9.80. The molecule has 1 unspecified atom stereocenters. The van der Waals surface area contributed by atoms with E-state index < -0.39 is 0 Å². The van der Waals surface area contributed by atoms with Gasteiger partial charge in [0.2, 0.25) is 5.91 Å². The molecule has 0 radical (unpaired) electrons. The second kappa shape index (κ2) is 9.30. The highest BCUT2D eigenvalue weighted by Crippen LogP contribution is 2.27. The lowest BCUT2D eigenvalue weighted by Gasteiger charge is -2.42. The Bertz CT molecular complexity index is 456. The molecule has 1 aliphatic rings. The molecule has 7 heteroatoms. The molecule has 1 fully saturated rings. The predicted molar refractivity (Wildman–Crippen MR) is 93.4 cm³/mol. The van der Waals surface area contributed by atoms with Gasteiger partial charge in [-0.05, 0) is 23.5 Å². The molecule has 1 saturated heterocycles. The van der Waals surface area contributed by atoms with Crippen LogP contribution >= 0.6 is 24.8 Å². The number of hydrogen-bond donors (Lipinski definition) is 2. The van der Waals surface area contributed by atoms with Crippen LogP contribution in [0.3, 0.4) is 0 Å². The number of pyridine rings is 1. The summed E-state index contributed by atoms with van der Waals surface area (Å²) in [6.45, 7) is 7.06. The normalized spacial score (nSPS) is 20.4. The quantitative estimate of drug-likeness (QED) is 0.866. The summed E-state index contributed by atoms with van der Waals surface area (Å²) >= 11 is 0. The summed E-state index contributed by atoms with van der Waals surface area (Å²) in [5.41, 5.74) is 7.19. The Kier molecular flexibility index (Phi) is 8.93. The second-order valence-electron chi connectivity index (χ2n) is 6.23. The van der Waals surface area contributed by atoms with E-state index in [1.165, 1.54) is 0 Å². The van der Waals surface area contributed by atoms with Crippen molar-refractivity contribution in [3.63, 3.8) is 0 Å². The second-order valence-corrected chi connectivity index (χ2v) is 6.23. The van der Waals surface area contributed by atoms with Gasteiger partial charge in [-0.25, -0.2) is 0 Å². The molecule has 1 aromatic heterocycles. The highest BCUT2D eigenvalue weighted by atomic mass is 35.5. The van der Waals surface area contributed by atoms with Crippen LogP contribution in [0.25, 0.3) is 0 Å². The van der Waals surface area contributed by atoms with Crippen LogP contribution in [0.1, 0.15) is 25.8 Å². The van der Waals surface area contributed by atoms with Crippen LogP contribution in [-0.4, -0.2) is 41.5 Å². The van der Waals surface area contributed by atoms with Crippen molar-refractivity contribution in [1.29, 1.82) is 0 Å². The third-order valence-electron chi connectivity index (χ3n) is 3.97. The Balaban J connectivity index is 0.00000220. The number of hydrogen-bond acceptors (Lipinski definition) is 4. The van der Waals surface area contributed by atoms with Crippen LogP contribution in [-0.2, 0) is 11.3 Å². The molecular formula is C15H26Cl2N4O. The number of rotatable bonds is 4. The van der Waals surface area contributed by atoms with Crippen LogP contribution in [0, 0.1) is 5.41 Å². The van der Waals surface area contributed by atoms with E-state index in [-0.39, 0.29) is 42.2 Å². The van der Waals surface area contributed by atoms with Gasteiger partial charge in [0.1, 0.15) is 0 Å². The minimum atomic E-state index is 0. The number of nitrogens with one attached hydrogen (secondary N) is 1. The third kappa shape index (κ3) is 6.08. The largest absolute Gasteiger partial charge is 0.351 e. The van der Waals surface area contributed by atoms with E-state index >= 15 is 0 Å². The Morgan fingerprint density at radius 3 is 2.82 bits per heavy atom. The molecule has 1 atom stereocenters. The first kappa shape index (κ1) is 21.1. The summed E-state index contributed by atoms with van der Waals surface area (Å²) in [4.78, 5) is 18.2. The van der Waals surface area contributed by atoms with Gasteiger partial charge in [-0.1, -0.05) is 19.9 Å². The Hall–Kier alpha value is -0.880. The van der Waals surface area contributed by atoms with Gasteiger partial charge in [-0.3, -0.25) is 14.7 Å². The van der Waals surface area contributed by atoms with E-state index in [4.69, 9.17) is 5.73 Å². The van der Waals surface area contributed by atoms with Crippen molar-refractivity contribution < 1.29 is 4.79 Å². The van der Waals surface area contributed by atoms with Crippen LogP contribution < -0.4 is 11.1 Å². The minimum Gasteiger partial charge on any atom is -0.351 e. The smallest absolute Gasteiger partial charge is 0.234 e. The molecule has 0 aliphatic carbocycles. The number of aromatic nitrogens is 1. The van der Waals surface area contributed by atoms with Gasteiger partial charge >= 0.3 is 0 Å². The molecule has 5 nitrogen and oxygen atoms in total. The molecule has 0 spiro atoms. The molecule has 2 heterocycles. The number of carbonyl (C=O) groups is 1. The van der Waals surface area contributed by atoms with Crippen molar-refractivity contribution in [2.24, 2.45) is 11.1 Å². The first-order chi connectivity index (χ1) is 9.47. The summed E-state index contributed by atoms with van der Waals surface area (Å²) in [7, 11) is 0. The first-order valence-corrected chi connectivity index (χ1v) is 7.11. The number of piperidine rings is 1. The van der Waals surface area contributed by atoms with Crippen molar-refractivity contribution in [3.05, 3.63) is 30.1 Å². The van der Waals surface area contributed by atoms with Gasteiger partial charge in [-0.2, -0.15) is 0 Å². The highest BCUT2D eigenvalue weighted by molar-refractivity contribution is 5.85. The molecule has 1 amide bonds. The van der Waals surface area contributed by atoms with Gasteiger partial charge < -0.3 is 11.1 Å². The number of halogens is 2. The first-order valence-electron chi connectivity index (χ1n) is 7.11. The van der Waals surface area contributed by atoms with E-state index in [1.807, 2.05) is 12.1 Å². The molecule has 3 N–H and O–H groups in total. The van der Waals surface area contributed by atoms with Crippen molar-refractivity contribution >= 4 is 30.7 Å². The third-order valence-corrected chi connectivity index (χ3v) is 3.97. The van der Waals surface area contributed by atoms with E-state index in [9.17, 15) is 4.79 Å². The van der Waals surface area contributed by atoms with E-state index in [2.05, 4.69) is 29.0 Å². The van der Waals surface area contributed by atoms with Crippen molar-refractivity contribution in [1.82, 2.24) is 15.2 Å². The summed E-state index contributed by atoms with van der Waals surface area (Å²) in [5, 5.41) is 2.93. The Morgan fingerprint density at radius 2 is 2.23 bits per heavy atom. The fraction of sp³-hybridized carbons (Fsp3) is 0.600. The van der Waals surface area contributed by atoms with E-state index in [0.717, 1.165) is 25.1 Å². The number of nitrogens with zero attached hydrogens (tertiary/aromatic N) is 2. The maximum atomic E-state index is 12.0. The molecule has 1 aliphatic heterocycles. The maximum absolute atomic E-state index is 12.0. The van der Waals surface area contributed by atoms with Crippen molar-refractivity contribution in [2.45, 2.75) is 32.9 Å². The summed E-state index contributed by atoms with van der Waals surface area (Å²) in [6, 6.07) is 4.05. The monoisotopic (exact) mass is 348 g/mol. The fourth-order valence-corrected chi connectivity index (χ4v) is 2.58. The van der Waals surface area contributed by atoms with Crippen LogP contribution in [0.15, 0.2) is 24.5 Å². The van der Waals surface area contributed by atoms with Gasteiger partial charge in [0.15, 0.2) is 0 Å². The maximum Gasteiger partial charge on any atom is 0.234 e. The average molecular weight is 349 g/mol. The SMILES string of the molecule is CC1(C)CN(CC(=O)NCc2cccnc2)CCC1N.Cl.Cl. The van der Waals surface area contributed by atoms with E-state index in [0.29, 0.717) is 13.1 Å². The summed E-state index contributed by atoms with van der Waals surface area (Å²) in [5.74, 6) is 0.0557. The number of amides is 1.